The standard InChI is InChI=1S/C17H31N3/c1-13-7-5-6-8-16(13)20(4)14(2)11-17(3,12-18)19-15-9-10-15/h13-16,19H,5-11H2,1-4H3. The van der Waals surface area contributed by atoms with E-state index in [9.17, 15) is 5.26 Å². The quantitative estimate of drug-likeness (QED) is 0.809. The third-order valence-electron chi connectivity index (χ3n) is 5.34. The highest BCUT2D eigenvalue weighted by molar-refractivity contribution is 5.08. The Labute approximate surface area is 124 Å². The Morgan fingerprint density at radius 3 is 2.50 bits per heavy atom. The lowest BCUT2D eigenvalue weighted by atomic mass is 9.83. The maximum Gasteiger partial charge on any atom is 0.105 e. The molecule has 2 fully saturated rings. The van der Waals surface area contributed by atoms with Crippen LogP contribution in [0.15, 0.2) is 0 Å². The van der Waals surface area contributed by atoms with Crippen molar-refractivity contribution in [3.8, 4) is 6.07 Å². The van der Waals surface area contributed by atoms with E-state index in [0.29, 0.717) is 18.1 Å². The molecule has 3 nitrogen and oxygen atoms in total. The maximum absolute atomic E-state index is 9.52. The van der Waals surface area contributed by atoms with Crippen LogP contribution in [0.4, 0.5) is 0 Å². The van der Waals surface area contributed by atoms with E-state index in [2.05, 4.69) is 44.1 Å². The summed E-state index contributed by atoms with van der Waals surface area (Å²) in [4.78, 5) is 2.54. The largest absolute Gasteiger partial charge is 0.300 e. The molecule has 2 rings (SSSR count). The van der Waals surface area contributed by atoms with E-state index >= 15 is 0 Å². The number of nitriles is 1. The molecule has 1 N–H and O–H groups in total. The van der Waals surface area contributed by atoms with Gasteiger partial charge in [-0.1, -0.05) is 19.8 Å². The fourth-order valence-electron chi connectivity index (χ4n) is 3.78. The van der Waals surface area contributed by atoms with Gasteiger partial charge in [0.2, 0.25) is 0 Å². The zero-order valence-electron chi connectivity index (χ0n) is 13.7. The molecular weight excluding hydrogens is 246 g/mol. The summed E-state index contributed by atoms with van der Waals surface area (Å²) in [5, 5.41) is 13.1. The number of nitrogens with zero attached hydrogens (tertiary/aromatic N) is 2. The Morgan fingerprint density at radius 1 is 1.30 bits per heavy atom. The molecule has 4 atom stereocenters. The minimum absolute atomic E-state index is 0.368. The molecule has 4 unspecified atom stereocenters. The Kier molecular flexibility index (Phi) is 5.09. The summed E-state index contributed by atoms with van der Waals surface area (Å²) in [5.74, 6) is 0.793. The van der Waals surface area contributed by atoms with Crippen LogP contribution in [0.5, 0.6) is 0 Å². The van der Waals surface area contributed by atoms with Gasteiger partial charge in [0.05, 0.1) is 6.07 Å². The maximum atomic E-state index is 9.52. The van der Waals surface area contributed by atoms with Gasteiger partial charge in [0.25, 0.3) is 0 Å². The van der Waals surface area contributed by atoms with Crippen molar-refractivity contribution in [1.29, 1.82) is 5.26 Å². The zero-order chi connectivity index (χ0) is 14.8. The van der Waals surface area contributed by atoms with E-state index in [1.807, 2.05) is 0 Å². The molecule has 20 heavy (non-hydrogen) atoms. The first-order chi connectivity index (χ1) is 9.45. The predicted octanol–water partition coefficient (Wildman–Crippen LogP) is 3.31. The molecule has 2 aliphatic rings. The summed E-state index contributed by atoms with van der Waals surface area (Å²) in [5.41, 5.74) is -0.368. The number of nitrogens with one attached hydrogen (secondary N) is 1. The molecule has 0 heterocycles. The van der Waals surface area contributed by atoms with E-state index in [1.54, 1.807) is 0 Å². The summed E-state index contributed by atoms with van der Waals surface area (Å²) in [6.07, 6.45) is 8.82. The van der Waals surface area contributed by atoms with Crippen molar-refractivity contribution in [3.63, 3.8) is 0 Å². The fraction of sp³-hybridized carbons (Fsp3) is 0.941. The smallest absolute Gasteiger partial charge is 0.105 e. The van der Waals surface area contributed by atoms with Crippen LogP contribution in [-0.2, 0) is 0 Å². The van der Waals surface area contributed by atoms with Crippen molar-refractivity contribution >= 4 is 0 Å². The molecule has 2 saturated carbocycles. The molecule has 0 aliphatic heterocycles. The Hall–Kier alpha value is -0.590. The topological polar surface area (TPSA) is 39.1 Å². The van der Waals surface area contributed by atoms with Crippen LogP contribution < -0.4 is 5.32 Å². The van der Waals surface area contributed by atoms with Crippen LogP contribution in [0.2, 0.25) is 0 Å². The summed E-state index contributed by atoms with van der Waals surface area (Å²) >= 11 is 0. The van der Waals surface area contributed by atoms with Crippen LogP contribution >= 0.6 is 0 Å². The summed E-state index contributed by atoms with van der Waals surface area (Å²) in [7, 11) is 2.26. The monoisotopic (exact) mass is 277 g/mol. The Balaban J connectivity index is 1.91. The number of hydrogen-bond donors (Lipinski definition) is 1. The average Bonchev–Trinajstić information content (AvgIpc) is 3.22. The molecule has 0 aromatic rings. The van der Waals surface area contributed by atoms with Crippen molar-refractivity contribution in [1.82, 2.24) is 10.2 Å². The predicted molar refractivity (Wildman–Crippen MR) is 83.4 cm³/mol. The molecule has 0 spiro atoms. The van der Waals surface area contributed by atoms with Crippen LogP contribution in [-0.4, -0.2) is 35.6 Å². The number of hydrogen-bond acceptors (Lipinski definition) is 3. The second-order valence-electron chi connectivity index (χ2n) is 7.41. The Morgan fingerprint density at radius 2 is 1.95 bits per heavy atom. The Bertz CT molecular complexity index is 358. The van der Waals surface area contributed by atoms with Crippen molar-refractivity contribution in [2.45, 2.75) is 89.4 Å². The van der Waals surface area contributed by atoms with Gasteiger partial charge >= 0.3 is 0 Å². The molecule has 0 radical (unpaired) electrons. The van der Waals surface area contributed by atoms with Gasteiger partial charge in [0.15, 0.2) is 0 Å². The van der Waals surface area contributed by atoms with Crippen LogP contribution in [0.3, 0.4) is 0 Å². The van der Waals surface area contributed by atoms with Gasteiger partial charge in [0.1, 0.15) is 5.54 Å². The van der Waals surface area contributed by atoms with E-state index in [-0.39, 0.29) is 5.54 Å². The summed E-state index contributed by atoms with van der Waals surface area (Å²) < 4.78 is 0. The highest BCUT2D eigenvalue weighted by Crippen LogP contribution is 2.31. The molecule has 0 aromatic heterocycles. The lowest BCUT2D eigenvalue weighted by molar-refractivity contribution is 0.0900. The van der Waals surface area contributed by atoms with Crippen LogP contribution in [0, 0.1) is 17.2 Å². The molecule has 0 bridgehead atoms. The summed E-state index contributed by atoms with van der Waals surface area (Å²) in [6.45, 7) is 6.74. The zero-order valence-corrected chi connectivity index (χ0v) is 13.7. The average molecular weight is 277 g/mol. The van der Waals surface area contributed by atoms with Crippen LogP contribution in [0.25, 0.3) is 0 Å². The fourth-order valence-corrected chi connectivity index (χ4v) is 3.78. The molecule has 2 aliphatic carbocycles. The van der Waals surface area contributed by atoms with Gasteiger partial charge in [-0.15, -0.1) is 0 Å². The van der Waals surface area contributed by atoms with Gasteiger partial charge in [-0.25, -0.2) is 0 Å². The molecule has 0 amide bonds. The van der Waals surface area contributed by atoms with Crippen molar-refractivity contribution < 1.29 is 0 Å². The molecule has 114 valence electrons. The van der Waals surface area contributed by atoms with Crippen molar-refractivity contribution in [3.05, 3.63) is 0 Å². The van der Waals surface area contributed by atoms with Gasteiger partial charge < -0.3 is 4.90 Å². The molecular formula is C17H31N3. The first-order valence-corrected chi connectivity index (χ1v) is 8.36. The third kappa shape index (κ3) is 3.96. The van der Waals surface area contributed by atoms with E-state index < -0.39 is 0 Å². The van der Waals surface area contributed by atoms with Gasteiger partial charge in [-0.2, -0.15) is 5.26 Å². The minimum Gasteiger partial charge on any atom is -0.300 e. The van der Waals surface area contributed by atoms with Gasteiger partial charge in [-0.3, -0.25) is 5.32 Å². The van der Waals surface area contributed by atoms with Gasteiger partial charge in [0, 0.05) is 18.1 Å². The lowest BCUT2D eigenvalue weighted by Gasteiger charge is -2.41. The number of rotatable bonds is 6. The highest BCUT2D eigenvalue weighted by Gasteiger charge is 2.36. The van der Waals surface area contributed by atoms with Crippen LogP contribution in [0.1, 0.15) is 65.7 Å². The SMILES string of the molecule is CC1CCCCC1N(C)C(C)CC(C)(C#N)NC1CC1. The van der Waals surface area contributed by atoms with E-state index in [4.69, 9.17) is 0 Å². The normalized spacial score (nSPS) is 31.6. The van der Waals surface area contributed by atoms with Gasteiger partial charge in [-0.05, 0) is 58.9 Å². The first kappa shape index (κ1) is 15.8. The van der Waals surface area contributed by atoms with E-state index in [0.717, 1.165) is 12.3 Å². The second-order valence-corrected chi connectivity index (χ2v) is 7.41. The minimum atomic E-state index is -0.368. The molecule has 3 heteroatoms. The molecule has 0 aromatic carbocycles. The lowest BCUT2D eigenvalue weighted by Crippen LogP contribution is -2.50. The molecule has 0 saturated heterocycles. The summed E-state index contributed by atoms with van der Waals surface area (Å²) in [6, 6.07) is 4.25. The van der Waals surface area contributed by atoms with Crippen molar-refractivity contribution in [2.24, 2.45) is 5.92 Å². The second kappa shape index (κ2) is 6.45. The van der Waals surface area contributed by atoms with Crippen molar-refractivity contribution in [2.75, 3.05) is 7.05 Å². The van der Waals surface area contributed by atoms with E-state index in [1.165, 1.54) is 38.5 Å². The third-order valence-corrected chi connectivity index (χ3v) is 5.34. The first-order valence-electron chi connectivity index (χ1n) is 8.36. The highest BCUT2D eigenvalue weighted by atomic mass is 15.2.